The summed E-state index contributed by atoms with van der Waals surface area (Å²) in [5.41, 5.74) is 1.77. The van der Waals surface area contributed by atoms with Crippen molar-refractivity contribution in [3.05, 3.63) is 58.6 Å². The highest BCUT2D eigenvalue weighted by molar-refractivity contribution is 5.92. The Hall–Kier alpha value is -3.62. The van der Waals surface area contributed by atoms with E-state index in [9.17, 15) is 19.7 Å². The predicted octanol–water partition coefficient (Wildman–Crippen LogP) is 3.11. The third-order valence-corrected chi connectivity index (χ3v) is 4.92. The maximum absolute atomic E-state index is 12.3. The fourth-order valence-corrected chi connectivity index (χ4v) is 3.43. The number of hydrogen-bond donors (Lipinski definition) is 2. The van der Waals surface area contributed by atoms with Crippen LogP contribution in [0.15, 0.2) is 48.5 Å². The smallest absolute Gasteiger partial charge is 0.269 e. The average molecular weight is 426 g/mol. The standard InChI is InChI=1S/C22H26N4O5/c1-16(23-22(28)15-31-20-9-7-18(8-10-20)26(29)30)13-21(27)24-17-5-4-6-19(14-17)25-11-2-3-12-25/h4-10,14,16H,2-3,11-13,15H2,1H3,(H,23,28)(H,24,27). The van der Waals surface area contributed by atoms with Gasteiger partial charge in [-0.05, 0) is 50.1 Å². The Morgan fingerprint density at radius 3 is 2.52 bits per heavy atom. The number of hydrogen-bond acceptors (Lipinski definition) is 6. The summed E-state index contributed by atoms with van der Waals surface area (Å²) in [5.74, 6) is -0.221. The number of nitro groups is 1. The van der Waals surface area contributed by atoms with Gasteiger partial charge in [-0.2, -0.15) is 0 Å². The van der Waals surface area contributed by atoms with Crippen LogP contribution in [0, 0.1) is 10.1 Å². The molecular formula is C22H26N4O5. The first kappa shape index (κ1) is 22.1. The molecular weight excluding hydrogens is 400 g/mol. The number of benzene rings is 2. The molecule has 0 spiro atoms. The highest BCUT2D eigenvalue weighted by atomic mass is 16.6. The molecule has 1 aliphatic rings. The van der Waals surface area contributed by atoms with Crippen LogP contribution in [0.3, 0.4) is 0 Å². The maximum Gasteiger partial charge on any atom is 0.269 e. The lowest BCUT2D eigenvalue weighted by atomic mass is 10.2. The zero-order chi connectivity index (χ0) is 22.2. The normalized spacial score (nSPS) is 14.0. The van der Waals surface area contributed by atoms with Gasteiger partial charge >= 0.3 is 0 Å². The lowest BCUT2D eigenvalue weighted by molar-refractivity contribution is -0.384. The van der Waals surface area contributed by atoms with Crippen molar-refractivity contribution in [1.82, 2.24) is 5.32 Å². The molecule has 1 aliphatic heterocycles. The van der Waals surface area contributed by atoms with Crippen molar-refractivity contribution in [2.24, 2.45) is 0 Å². The predicted molar refractivity (Wildman–Crippen MR) is 117 cm³/mol. The van der Waals surface area contributed by atoms with Crippen LogP contribution in [0.2, 0.25) is 0 Å². The molecule has 3 rings (SSSR count). The van der Waals surface area contributed by atoms with Crippen molar-refractivity contribution >= 4 is 28.9 Å². The Morgan fingerprint density at radius 2 is 1.84 bits per heavy atom. The Labute approximate surface area is 180 Å². The maximum atomic E-state index is 12.3. The van der Waals surface area contributed by atoms with Gasteiger partial charge in [-0.1, -0.05) is 6.07 Å². The summed E-state index contributed by atoms with van der Waals surface area (Å²) in [5, 5.41) is 16.2. The number of ether oxygens (including phenoxy) is 1. The van der Waals surface area contributed by atoms with E-state index in [2.05, 4.69) is 15.5 Å². The average Bonchev–Trinajstić information content (AvgIpc) is 3.27. The molecule has 2 amide bonds. The van der Waals surface area contributed by atoms with Crippen LogP contribution in [-0.2, 0) is 9.59 Å². The molecule has 1 unspecified atom stereocenters. The Morgan fingerprint density at radius 1 is 1.13 bits per heavy atom. The first-order chi connectivity index (χ1) is 14.9. The van der Waals surface area contributed by atoms with Gasteiger partial charge < -0.3 is 20.3 Å². The first-order valence-electron chi connectivity index (χ1n) is 10.2. The summed E-state index contributed by atoms with van der Waals surface area (Å²) >= 11 is 0. The van der Waals surface area contributed by atoms with Gasteiger partial charge in [0.1, 0.15) is 5.75 Å². The van der Waals surface area contributed by atoms with Gasteiger partial charge in [0.15, 0.2) is 6.61 Å². The lowest BCUT2D eigenvalue weighted by Gasteiger charge is -2.19. The number of amides is 2. The van der Waals surface area contributed by atoms with Crippen LogP contribution in [0.4, 0.5) is 17.1 Å². The number of nitrogens with zero attached hydrogens (tertiary/aromatic N) is 2. The topological polar surface area (TPSA) is 114 Å². The number of anilines is 2. The molecule has 0 aliphatic carbocycles. The summed E-state index contributed by atoms with van der Waals surface area (Å²) in [4.78, 5) is 36.8. The van der Waals surface area contributed by atoms with Gasteiger partial charge in [0.25, 0.3) is 11.6 Å². The first-order valence-corrected chi connectivity index (χ1v) is 10.2. The summed E-state index contributed by atoms with van der Waals surface area (Å²) in [6.07, 6.45) is 2.49. The highest BCUT2D eigenvalue weighted by Gasteiger charge is 2.15. The second-order valence-corrected chi connectivity index (χ2v) is 7.51. The molecule has 2 aromatic carbocycles. The van der Waals surface area contributed by atoms with E-state index >= 15 is 0 Å². The van der Waals surface area contributed by atoms with Crippen LogP contribution in [0.5, 0.6) is 5.75 Å². The molecule has 0 radical (unpaired) electrons. The van der Waals surface area contributed by atoms with Gasteiger partial charge in [0.2, 0.25) is 5.91 Å². The van der Waals surface area contributed by atoms with E-state index in [1.165, 1.54) is 37.1 Å². The molecule has 1 heterocycles. The van der Waals surface area contributed by atoms with Crippen molar-refractivity contribution < 1.29 is 19.2 Å². The number of non-ortho nitro benzene ring substituents is 1. The third kappa shape index (κ3) is 6.70. The van der Waals surface area contributed by atoms with E-state index in [0.717, 1.165) is 24.5 Å². The molecule has 9 nitrogen and oxygen atoms in total. The van der Waals surface area contributed by atoms with E-state index in [4.69, 9.17) is 4.74 Å². The molecule has 164 valence electrons. The second kappa shape index (κ2) is 10.4. The summed E-state index contributed by atoms with van der Waals surface area (Å²) in [6, 6.07) is 12.9. The van der Waals surface area contributed by atoms with Crippen LogP contribution in [-0.4, -0.2) is 42.5 Å². The van der Waals surface area contributed by atoms with Crippen molar-refractivity contribution in [3.63, 3.8) is 0 Å². The number of nitrogens with one attached hydrogen (secondary N) is 2. The second-order valence-electron chi connectivity index (χ2n) is 7.51. The van der Waals surface area contributed by atoms with Gasteiger partial charge in [-0.3, -0.25) is 19.7 Å². The van der Waals surface area contributed by atoms with Gasteiger partial charge in [0.05, 0.1) is 4.92 Å². The van der Waals surface area contributed by atoms with Gasteiger partial charge in [-0.25, -0.2) is 0 Å². The number of nitro benzene ring substituents is 1. The van der Waals surface area contributed by atoms with E-state index in [-0.39, 0.29) is 36.6 Å². The number of carbonyl (C=O) groups excluding carboxylic acids is 2. The molecule has 0 saturated carbocycles. The van der Waals surface area contributed by atoms with Gasteiger partial charge in [-0.15, -0.1) is 0 Å². The minimum atomic E-state index is -0.508. The molecule has 1 atom stereocenters. The molecule has 1 fully saturated rings. The number of carbonyl (C=O) groups is 2. The Balaban J connectivity index is 1.41. The molecule has 0 aromatic heterocycles. The summed E-state index contributed by atoms with van der Waals surface area (Å²) < 4.78 is 5.33. The molecule has 9 heteroatoms. The minimum Gasteiger partial charge on any atom is -0.484 e. The van der Waals surface area contributed by atoms with Crippen LogP contribution >= 0.6 is 0 Å². The molecule has 1 saturated heterocycles. The largest absolute Gasteiger partial charge is 0.484 e. The Bertz CT molecular complexity index is 926. The van der Waals surface area contributed by atoms with E-state index in [1.54, 1.807) is 6.92 Å². The molecule has 0 bridgehead atoms. The van der Waals surface area contributed by atoms with Crippen molar-refractivity contribution in [1.29, 1.82) is 0 Å². The molecule has 31 heavy (non-hydrogen) atoms. The van der Waals surface area contributed by atoms with E-state index < -0.39 is 4.92 Å². The number of rotatable bonds is 9. The van der Waals surface area contributed by atoms with Crippen LogP contribution in [0.25, 0.3) is 0 Å². The quantitative estimate of drug-likeness (QED) is 0.470. The van der Waals surface area contributed by atoms with Crippen LogP contribution in [0.1, 0.15) is 26.2 Å². The summed E-state index contributed by atoms with van der Waals surface area (Å²) in [6.45, 7) is 3.55. The monoisotopic (exact) mass is 426 g/mol. The van der Waals surface area contributed by atoms with Crippen molar-refractivity contribution in [3.8, 4) is 5.75 Å². The Kier molecular flexibility index (Phi) is 7.42. The third-order valence-electron chi connectivity index (χ3n) is 4.92. The van der Waals surface area contributed by atoms with Gasteiger partial charge in [0, 0.05) is 49.1 Å². The molecule has 2 N–H and O–H groups in total. The lowest BCUT2D eigenvalue weighted by Crippen LogP contribution is -2.38. The van der Waals surface area contributed by atoms with E-state index in [1.807, 2.05) is 24.3 Å². The fourth-order valence-electron chi connectivity index (χ4n) is 3.43. The highest BCUT2D eigenvalue weighted by Crippen LogP contribution is 2.23. The SMILES string of the molecule is CC(CC(=O)Nc1cccc(N2CCCC2)c1)NC(=O)COc1ccc([N+](=O)[O-])cc1. The van der Waals surface area contributed by atoms with E-state index in [0.29, 0.717) is 5.75 Å². The minimum absolute atomic E-state index is 0.0533. The fraction of sp³-hybridized carbons (Fsp3) is 0.364. The van der Waals surface area contributed by atoms with Crippen LogP contribution < -0.4 is 20.3 Å². The van der Waals surface area contributed by atoms with Crippen molar-refractivity contribution in [2.45, 2.75) is 32.2 Å². The molecule has 2 aromatic rings. The van der Waals surface area contributed by atoms with Crippen molar-refractivity contribution in [2.75, 3.05) is 29.9 Å². The summed E-state index contributed by atoms with van der Waals surface area (Å²) in [7, 11) is 0. The zero-order valence-electron chi connectivity index (χ0n) is 17.4. The zero-order valence-corrected chi connectivity index (χ0v) is 17.4.